The van der Waals surface area contributed by atoms with Crippen LogP contribution in [0.2, 0.25) is 0 Å². The number of ether oxygens (including phenoxy) is 1. The van der Waals surface area contributed by atoms with Crippen molar-refractivity contribution in [1.82, 2.24) is 4.98 Å². The third-order valence-corrected chi connectivity index (χ3v) is 1.51. The molecule has 0 aliphatic heterocycles. The highest BCUT2D eigenvalue weighted by molar-refractivity contribution is 5.46. The van der Waals surface area contributed by atoms with Gasteiger partial charge in [-0.2, -0.15) is 5.26 Å². The van der Waals surface area contributed by atoms with Gasteiger partial charge >= 0.3 is 5.69 Å². The zero-order chi connectivity index (χ0) is 11.3. The van der Waals surface area contributed by atoms with Crippen LogP contribution in [0.1, 0.15) is 5.56 Å². The molecular formula is C8H8N4O3. The number of nitrogens with zero attached hydrogens (tertiary/aromatic N) is 3. The summed E-state index contributed by atoms with van der Waals surface area (Å²) in [5, 5.41) is 19.1. The molecular weight excluding hydrogens is 200 g/mol. The lowest BCUT2D eigenvalue weighted by molar-refractivity contribution is -0.386. The fraction of sp³-hybridized carbons (Fsp3) is 0.250. The summed E-state index contributed by atoms with van der Waals surface area (Å²) in [5.74, 6) is -0.121. The molecule has 0 saturated carbocycles. The summed E-state index contributed by atoms with van der Waals surface area (Å²) < 4.78 is 4.96. The third kappa shape index (κ3) is 2.62. The van der Waals surface area contributed by atoms with Crippen LogP contribution in [0.15, 0.2) is 12.3 Å². The molecule has 0 amide bonds. The second-order valence-electron chi connectivity index (χ2n) is 2.55. The van der Waals surface area contributed by atoms with E-state index in [2.05, 4.69) is 4.98 Å². The van der Waals surface area contributed by atoms with Gasteiger partial charge in [-0.25, -0.2) is 4.98 Å². The van der Waals surface area contributed by atoms with Gasteiger partial charge in [-0.3, -0.25) is 10.1 Å². The van der Waals surface area contributed by atoms with Crippen molar-refractivity contribution in [3.05, 3.63) is 27.9 Å². The Kier molecular flexibility index (Phi) is 3.54. The van der Waals surface area contributed by atoms with Crippen LogP contribution in [-0.2, 0) is 0 Å². The first kappa shape index (κ1) is 10.9. The van der Waals surface area contributed by atoms with Crippen molar-refractivity contribution < 1.29 is 9.66 Å². The Morgan fingerprint density at radius 1 is 1.73 bits per heavy atom. The third-order valence-electron chi connectivity index (χ3n) is 1.51. The minimum atomic E-state index is -0.653. The number of pyridine rings is 1. The van der Waals surface area contributed by atoms with Crippen LogP contribution < -0.4 is 10.5 Å². The summed E-state index contributed by atoms with van der Waals surface area (Å²) in [4.78, 5) is 13.6. The predicted octanol–water partition coefficient (Wildman–Crippen LogP) is 0.199. The lowest BCUT2D eigenvalue weighted by atomic mass is 10.3. The molecule has 1 rings (SSSR count). The first-order chi connectivity index (χ1) is 7.19. The Bertz CT molecular complexity index is 413. The molecule has 0 spiro atoms. The molecule has 2 N–H and O–H groups in total. The van der Waals surface area contributed by atoms with E-state index in [1.165, 1.54) is 6.20 Å². The maximum atomic E-state index is 10.6. The van der Waals surface area contributed by atoms with E-state index in [-0.39, 0.29) is 30.3 Å². The molecule has 0 atom stereocenters. The molecule has 0 fully saturated rings. The smallest absolute Gasteiger partial charge is 0.332 e. The molecule has 0 bridgehead atoms. The Morgan fingerprint density at radius 2 is 2.47 bits per heavy atom. The van der Waals surface area contributed by atoms with E-state index in [4.69, 9.17) is 15.7 Å². The molecule has 7 heteroatoms. The number of nitriles is 1. The van der Waals surface area contributed by atoms with Gasteiger partial charge < -0.3 is 10.5 Å². The van der Waals surface area contributed by atoms with Gasteiger partial charge in [-0.15, -0.1) is 0 Å². The van der Waals surface area contributed by atoms with Crippen molar-refractivity contribution >= 4 is 5.69 Å². The van der Waals surface area contributed by atoms with Gasteiger partial charge in [-0.1, -0.05) is 0 Å². The topological polar surface area (TPSA) is 115 Å². The van der Waals surface area contributed by atoms with E-state index in [1.54, 1.807) is 6.07 Å². The number of nitro groups is 1. The van der Waals surface area contributed by atoms with Crippen molar-refractivity contribution in [3.8, 4) is 11.9 Å². The Hall–Kier alpha value is -2.20. The molecule has 78 valence electrons. The lowest BCUT2D eigenvalue weighted by Gasteiger charge is -2.03. The van der Waals surface area contributed by atoms with Crippen LogP contribution in [0.5, 0.6) is 5.88 Å². The maximum absolute atomic E-state index is 10.6. The normalized spacial score (nSPS) is 9.33. The average Bonchev–Trinajstić information content (AvgIpc) is 2.26. The Labute approximate surface area is 85.2 Å². The molecule has 0 aromatic carbocycles. The van der Waals surface area contributed by atoms with Crippen LogP contribution in [0.3, 0.4) is 0 Å². The van der Waals surface area contributed by atoms with E-state index >= 15 is 0 Å². The predicted molar refractivity (Wildman–Crippen MR) is 50.2 cm³/mol. The van der Waals surface area contributed by atoms with Crippen molar-refractivity contribution in [2.24, 2.45) is 5.73 Å². The van der Waals surface area contributed by atoms with Crippen LogP contribution in [0.25, 0.3) is 0 Å². The van der Waals surface area contributed by atoms with E-state index in [0.717, 1.165) is 6.07 Å². The number of hydrogen-bond acceptors (Lipinski definition) is 6. The van der Waals surface area contributed by atoms with Crippen LogP contribution >= 0.6 is 0 Å². The summed E-state index contributed by atoms with van der Waals surface area (Å²) >= 11 is 0. The zero-order valence-electron chi connectivity index (χ0n) is 7.71. The second-order valence-corrected chi connectivity index (χ2v) is 2.55. The monoisotopic (exact) mass is 208 g/mol. The summed E-state index contributed by atoms with van der Waals surface area (Å²) in [6.07, 6.45) is 1.21. The Morgan fingerprint density at radius 3 is 3.00 bits per heavy atom. The number of nitrogens with two attached hydrogens (primary N) is 1. The fourth-order valence-corrected chi connectivity index (χ4v) is 0.899. The number of rotatable bonds is 4. The van der Waals surface area contributed by atoms with Crippen molar-refractivity contribution in [2.45, 2.75) is 0 Å². The fourth-order valence-electron chi connectivity index (χ4n) is 0.899. The van der Waals surface area contributed by atoms with Crippen molar-refractivity contribution in [2.75, 3.05) is 13.2 Å². The molecule has 15 heavy (non-hydrogen) atoms. The van der Waals surface area contributed by atoms with Crippen LogP contribution in [0.4, 0.5) is 5.69 Å². The van der Waals surface area contributed by atoms with Gasteiger partial charge in [-0.05, 0) is 0 Å². The van der Waals surface area contributed by atoms with Gasteiger partial charge in [0.2, 0.25) is 0 Å². The first-order valence-corrected chi connectivity index (χ1v) is 4.06. The van der Waals surface area contributed by atoms with Gasteiger partial charge in [0.15, 0.2) is 0 Å². The highest BCUT2D eigenvalue weighted by atomic mass is 16.6. The zero-order valence-corrected chi connectivity index (χ0v) is 7.71. The van der Waals surface area contributed by atoms with Crippen LogP contribution in [0, 0.1) is 21.4 Å². The largest absolute Gasteiger partial charge is 0.471 e. The van der Waals surface area contributed by atoms with Gasteiger partial charge in [0.1, 0.15) is 12.7 Å². The van der Waals surface area contributed by atoms with Crippen LogP contribution in [-0.4, -0.2) is 23.1 Å². The molecule has 0 saturated heterocycles. The van der Waals surface area contributed by atoms with Gasteiger partial charge in [0.25, 0.3) is 5.88 Å². The van der Waals surface area contributed by atoms with Gasteiger partial charge in [0, 0.05) is 18.8 Å². The molecule has 0 aliphatic carbocycles. The van der Waals surface area contributed by atoms with E-state index in [9.17, 15) is 10.1 Å². The average molecular weight is 208 g/mol. The highest BCUT2D eigenvalue weighted by Crippen LogP contribution is 2.24. The SMILES string of the molecule is N#Cc1cnc(OCCN)c([N+](=O)[O-])c1. The lowest BCUT2D eigenvalue weighted by Crippen LogP contribution is -2.12. The second kappa shape index (κ2) is 4.88. The van der Waals surface area contributed by atoms with Gasteiger partial charge in [0.05, 0.1) is 10.5 Å². The summed E-state index contributed by atoms with van der Waals surface area (Å²) in [6, 6.07) is 2.87. The molecule has 1 heterocycles. The molecule has 0 unspecified atom stereocenters. The summed E-state index contributed by atoms with van der Waals surface area (Å²) in [5.41, 5.74) is 4.97. The molecule has 0 radical (unpaired) electrons. The summed E-state index contributed by atoms with van der Waals surface area (Å²) in [6.45, 7) is 0.374. The first-order valence-electron chi connectivity index (χ1n) is 4.06. The number of aromatic nitrogens is 1. The van der Waals surface area contributed by atoms with Crippen molar-refractivity contribution in [1.29, 1.82) is 5.26 Å². The maximum Gasteiger partial charge on any atom is 0.332 e. The molecule has 7 nitrogen and oxygen atoms in total. The van der Waals surface area contributed by atoms with E-state index < -0.39 is 4.92 Å². The standard InChI is InChI=1S/C8H8N4O3/c9-1-2-15-8-7(12(13)14)3-6(4-10)5-11-8/h3,5H,1-2,9H2. The molecule has 0 aliphatic rings. The minimum Gasteiger partial charge on any atom is -0.471 e. The highest BCUT2D eigenvalue weighted by Gasteiger charge is 2.17. The van der Waals surface area contributed by atoms with Crippen molar-refractivity contribution in [3.63, 3.8) is 0 Å². The molecule has 1 aromatic heterocycles. The minimum absolute atomic E-state index is 0.113. The quantitative estimate of drug-likeness (QED) is 0.558. The summed E-state index contributed by atoms with van der Waals surface area (Å²) in [7, 11) is 0. The molecule has 1 aromatic rings. The Balaban J connectivity index is 3.05. The van der Waals surface area contributed by atoms with E-state index in [0.29, 0.717) is 0 Å². The number of hydrogen-bond donors (Lipinski definition) is 1. The van der Waals surface area contributed by atoms with E-state index in [1.807, 2.05) is 0 Å².